The Morgan fingerprint density at radius 2 is 1.68 bits per heavy atom. The molecule has 0 aromatic heterocycles. The van der Waals surface area contributed by atoms with E-state index in [-0.39, 0.29) is 6.04 Å². The lowest BCUT2D eigenvalue weighted by molar-refractivity contribution is 0.414. The van der Waals surface area contributed by atoms with Crippen LogP contribution in [0, 0.1) is 18.3 Å². The van der Waals surface area contributed by atoms with Gasteiger partial charge in [-0.15, -0.1) is 0 Å². The van der Waals surface area contributed by atoms with Crippen molar-refractivity contribution in [1.29, 1.82) is 5.26 Å². The van der Waals surface area contributed by atoms with Crippen LogP contribution in [-0.4, -0.2) is 7.11 Å². The van der Waals surface area contributed by atoms with Crippen molar-refractivity contribution in [3.8, 4) is 11.8 Å². The molecule has 1 atom stereocenters. The van der Waals surface area contributed by atoms with E-state index in [2.05, 4.69) is 11.4 Å². The molecule has 0 amide bonds. The Hall–Kier alpha value is -2.47. The standard InChI is InChI=1S/C16H16N2O/c1-12-3-7-14(8-4-12)18-16(11-17)13-5-9-15(19-2)10-6-13/h3-10,16,18H,1-2H3/t16-/m0/s1. The maximum Gasteiger partial charge on any atom is 0.140 e. The summed E-state index contributed by atoms with van der Waals surface area (Å²) in [4.78, 5) is 0. The molecule has 2 rings (SSSR count). The second-order valence-corrected chi connectivity index (χ2v) is 4.35. The number of nitrogens with one attached hydrogen (secondary N) is 1. The van der Waals surface area contributed by atoms with Crippen LogP contribution in [0.5, 0.6) is 5.75 Å². The lowest BCUT2D eigenvalue weighted by atomic mass is 10.1. The molecule has 0 aliphatic carbocycles. The minimum absolute atomic E-state index is 0.367. The van der Waals surface area contributed by atoms with Crippen LogP contribution in [0.1, 0.15) is 17.2 Å². The Morgan fingerprint density at radius 1 is 1.05 bits per heavy atom. The van der Waals surface area contributed by atoms with Gasteiger partial charge in [-0.2, -0.15) is 5.26 Å². The first-order valence-electron chi connectivity index (χ1n) is 6.09. The van der Waals surface area contributed by atoms with E-state index in [4.69, 9.17) is 4.74 Å². The fourth-order valence-electron chi connectivity index (χ4n) is 1.80. The van der Waals surface area contributed by atoms with E-state index in [0.717, 1.165) is 17.0 Å². The normalized spacial score (nSPS) is 11.4. The summed E-state index contributed by atoms with van der Waals surface area (Å²) in [5.41, 5.74) is 3.06. The highest BCUT2D eigenvalue weighted by atomic mass is 16.5. The molecule has 0 aliphatic heterocycles. The Morgan fingerprint density at radius 3 is 2.21 bits per heavy atom. The lowest BCUT2D eigenvalue weighted by Crippen LogP contribution is -2.08. The van der Waals surface area contributed by atoms with E-state index in [9.17, 15) is 5.26 Å². The predicted octanol–water partition coefficient (Wildman–Crippen LogP) is 3.68. The van der Waals surface area contributed by atoms with Crippen molar-refractivity contribution >= 4 is 5.69 Å². The summed E-state index contributed by atoms with van der Waals surface area (Å²) < 4.78 is 5.11. The van der Waals surface area contributed by atoms with Gasteiger partial charge in [-0.3, -0.25) is 0 Å². The third-order valence-corrected chi connectivity index (χ3v) is 2.94. The molecular formula is C16H16N2O. The minimum Gasteiger partial charge on any atom is -0.497 e. The number of nitriles is 1. The smallest absolute Gasteiger partial charge is 0.140 e. The van der Waals surface area contributed by atoms with Gasteiger partial charge in [0.15, 0.2) is 0 Å². The summed E-state index contributed by atoms with van der Waals surface area (Å²) in [5, 5.41) is 12.5. The van der Waals surface area contributed by atoms with Crippen molar-refractivity contribution in [3.05, 3.63) is 59.7 Å². The highest BCUT2D eigenvalue weighted by molar-refractivity contribution is 5.48. The fraction of sp³-hybridized carbons (Fsp3) is 0.188. The third kappa shape index (κ3) is 3.26. The van der Waals surface area contributed by atoms with E-state index < -0.39 is 0 Å². The summed E-state index contributed by atoms with van der Waals surface area (Å²) in [6.45, 7) is 2.04. The zero-order valence-electron chi connectivity index (χ0n) is 11.1. The Bertz CT molecular complexity index is 567. The van der Waals surface area contributed by atoms with Crippen molar-refractivity contribution in [3.63, 3.8) is 0 Å². The van der Waals surface area contributed by atoms with Gasteiger partial charge in [-0.1, -0.05) is 29.8 Å². The first kappa shape index (κ1) is 13.0. The van der Waals surface area contributed by atoms with Gasteiger partial charge in [0.05, 0.1) is 13.2 Å². The molecule has 0 heterocycles. The van der Waals surface area contributed by atoms with Gasteiger partial charge in [0.2, 0.25) is 0 Å². The first-order chi connectivity index (χ1) is 9.22. The van der Waals surface area contributed by atoms with Crippen molar-refractivity contribution < 1.29 is 4.74 Å². The molecule has 1 N–H and O–H groups in total. The van der Waals surface area contributed by atoms with E-state index in [1.807, 2.05) is 55.5 Å². The number of methoxy groups -OCH3 is 1. The van der Waals surface area contributed by atoms with Crippen molar-refractivity contribution in [2.24, 2.45) is 0 Å². The molecule has 0 fully saturated rings. The van der Waals surface area contributed by atoms with E-state index in [1.165, 1.54) is 5.56 Å². The number of aryl methyl sites for hydroxylation is 1. The van der Waals surface area contributed by atoms with Crippen LogP contribution < -0.4 is 10.1 Å². The van der Waals surface area contributed by atoms with E-state index in [0.29, 0.717) is 0 Å². The maximum atomic E-state index is 9.28. The molecular weight excluding hydrogens is 236 g/mol. The zero-order chi connectivity index (χ0) is 13.7. The monoisotopic (exact) mass is 252 g/mol. The van der Waals surface area contributed by atoms with Crippen LogP contribution in [0.4, 0.5) is 5.69 Å². The first-order valence-corrected chi connectivity index (χ1v) is 6.09. The summed E-state index contributed by atoms with van der Waals surface area (Å²) in [6, 6.07) is 17.4. The number of nitrogens with zero attached hydrogens (tertiary/aromatic N) is 1. The molecule has 0 aliphatic rings. The van der Waals surface area contributed by atoms with Gasteiger partial charge < -0.3 is 10.1 Å². The number of benzene rings is 2. The molecule has 2 aromatic carbocycles. The predicted molar refractivity (Wildman–Crippen MR) is 76.1 cm³/mol. The van der Waals surface area contributed by atoms with Gasteiger partial charge in [0.1, 0.15) is 11.8 Å². The van der Waals surface area contributed by atoms with Crippen LogP contribution in [-0.2, 0) is 0 Å². The summed E-state index contributed by atoms with van der Waals surface area (Å²) in [6.07, 6.45) is 0. The highest BCUT2D eigenvalue weighted by Crippen LogP contribution is 2.21. The molecule has 3 heteroatoms. The molecule has 2 aromatic rings. The molecule has 19 heavy (non-hydrogen) atoms. The van der Waals surface area contributed by atoms with Crippen LogP contribution >= 0.6 is 0 Å². The van der Waals surface area contributed by atoms with E-state index >= 15 is 0 Å². The minimum atomic E-state index is -0.367. The number of anilines is 1. The summed E-state index contributed by atoms with van der Waals surface area (Å²) >= 11 is 0. The molecule has 0 saturated heterocycles. The summed E-state index contributed by atoms with van der Waals surface area (Å²) in [5.74, 6) is 0.788. The number of hydrogen-bond acceptors (Lipinski definition) is 3. The Balaban J connectivity index is 2.15. The molecule has 96 valence electrons. The molecule has 0 saturated carbocycles. The Labute approximate surface area is 113 Å². The van der Waals surface area contributed by atoms with Gasteiger partial charge in [0, 0.05) is 5.69 Å². The number of hydrogen-bond donors (Lipinski definition) is 1. The largest absolute Gasteiger partial charge is 0.497 e. The van der Waals surface area contributed by atoms with Gasteiger partial charge in [0.25, 0.3) is 0 Å². The quantitative estimate of drug-likeness (QED) is 0.902. The van der Waals surface area contributed by atoms with Crippen LogP contribution in [0.15, 0.2) is 48.5 Å². The van der Waals surface area contributed by atoms with Gasteiger partial charge in [-0.05, 0) is 36.8 Å². The fourth-order valence-corrected chi connectivity index (χ4v) is 1.80. The van der Waals surface area contributed by atoms with Crippen LogP contribution in [0.2, 0.25) is 0 Å². The number of ether oxygens (including phenoxy) is 1. The van der Waals surface area contributed by atoms with Crippen LogP contribution in [0.3, 0.4) is 0 Å². The van der Waals surface area contributed by atoms with Crippen molar-refractivity contribution in [2.75, 3.05) is 12.4 Å². The van der Waals surface area contributed by atoms with Crippen LogP contribution in [0.25, 0.3) is 0 Å². The third-order valence-electron chi connectivity index (χ3n) is 2.94. The van der Waals surface area contributed by atoms with Crippen molar-refractivity contribution in [2.45, 2.75) is 13.0 Å². The second-order valence-electron chi connectivity index (χ2n) is 4.35. The maximum absolute atomic E-state index is 9.28. The van der Waals surface area contributed by atoms with E-state index in [1.54, 1.807) is 7.11 Å². The molecule has 0 spiro atoms. The lowest BCUT2D eigenvalue weighted by Gasteiger charge is -2.14. The molecule has 0 radical (unpaired) electrons. The average molecular weight is 252 g/mol. The van der Waals surface area contributed by atoms with Gasteiger partial charge >= 0.3 is 0 Å². The molecule has 3 nitrogen and oxygen atoms in total. The van der Waals surface area contributed by atoms with Gasteiger partial charge in [-0.25, -0.2) is 0 Å². The Kier molecular flexibility index (Phi) is 4.04. The SMILES string of the molecule is COc1ccc([C@H](C#N)Nc2ccc(C)cc2)cc1. The average Bonchev–Trinajstić information content (AvgIpc) is 2.47. The number of rotatable bonds is 4. The zero-order valence-corrected chi connectivity index (χ0v) is 11.1. The highest BCUT2D eigenvalue weighted by Gasteiger charge is 2.10. The molecule has 0 unspecified atom stereocenters. The second kappa shape index (κ2) is 5.92. The topological polar surface area (TPSA) is 45.0 Å². The van der Waals surface area contributed by atoms with Crippen molar-refractivity contribution in [1.82, 2.24) is 0 Å². The molecule has 0 bridgehead atoms. The summed E-state index contributed by atoms with van der Waals surface area (Å²) in [7, 11) is 1.63.